The summed E-state index contributed by atoms with van der Waals surface area (Å²) < 4.78 is 19.5. The fraction of sp³-hybridized carbons (Fsp3) is 0.600. The second-order valence-corrected chi connectivity index (χ2v) is 5.70. The van der Waals surface area contributed by atoms with Crippen molar-refractivity contribution in [1.82, 2.24) is 4.90 Å². The molecule has 2 saturated heterocycles. The van der Waals surface area contributed by atoms with Crippen molar-refractivity contribution >= 4 is 0 Å². The average molecular weight is 264 g/mol. The monoisotopic (exact) mass is 264 g/mol. The molecule has 0 amide bonds. The van der Waals surface area contributed by atoms with E-state index < -0.39 is 0 Å². The molecule has 0 saturated carbocycles. The van der Waals surface area contributed by atoms with E-state index in [-0.39, 0.29) is 18.0 Å². The molecule has 104 valence electrons. The van der Waals surface area contributed by atoms with Crippen LogP contribution in [0.25, 0.3) is 0 Å². The summed E-state index contributed by atoms with van der Waals surface area (Å²) in [5, 5.41) is 0. The van der Waals surface area contributed by atoms with Crippen molar-refractivity contribution in [3.8, 4) is 0 Å². The van der Waals surface area contributed by atoms with Gasteiger partial charge >= 0.3 is 0 Å². The van der Waals surface area contributed by atoms with Gasteiger partial charge in [-0.3, -0.25) is 4.90 Å². The van der Waals surface area contributed by atoms with Crippen LogP contribution in [0, 0.1) is 12.7 Å². The molecule has 0 spiro atoms. The smallest absolute Gasteiger partial charge is 0.126 e. The molecule has 3 atom stereocenters. The Labute approximate surface area is 113 Å². The van der Waals surface area contributed by atoms with Crippen molar-refractivity contribution in [1.29, 1.82) is 0 Å². The first kappa shape index (κ1) is 13.0. The fourth-order valence-corrected chi connectivity index (χ4v) is 3.09. The Kier molecular flexibility index (Phi) is 3.56. The van der Waals surface area contributed by atoms with Gasteiger partial charge in [-0.1, -0.05) is 12.1 Å². The molecule has 2 fully saturated rings. The van der Waals surface area contributed by atoms with E-state index in [4.69, 9.17) is 10.5 Å². The molecule has 0 radical (unpaired) electrons. The fourth-order valence-electron chi connectivity index (χ4n) is 3.09. The van der Waals surface area contributed by atoms with E-state index in [0.717, 1.165) is 25.3 Å². The van der Waals surface area contributed by atoms with E-state index in [1.54, 1.807) is 19.1 Å². The van der Waals surface area contributed by atoms with Gasteiger partial charge in [0.1, 0.15) is 5.82 Å². The molecule has 2 aliphatic heterocycles. The average Bonchev–Trinajstić information content (AvgIpc) is 2.88. The first-order chi connectivity index (χ1) is 9.15. The van der Waals surface area contributed by atoms with Crippen LogP contribution in [-0.2, 0) is 4.74 Å². The van der Waals surface area contributed by atoms with E-state index in [1.807, 2.05) is 6.07 Å². The molecule has 3 unspecified atom stereocenters. The zero-order valence-electron chi connectivity index (χ0n) is 11.3. The van der Waals surface area contributed by atoms with Crippen LogP contribution >= 0.6 is 0 Å². The molecular formula is C15H21FN2O. The van der Waals surface area contributed by atoms with Crippen LogP contribution in [0.1, 0.15) is 30.0 Å². The summed E-state index contributed by atoms with van der Waals surface area (Å²) >= 11 is 0. The number of nitrogens with two attached hydrogens (primary N) is 1. The molecule has 3 nitrogen and oxygen atoms in total. The third-order valence-corrected chi connectivity index (χ3v) is 4.40. The Morgan fingerprint density at radius 1 is 1.47 bits per heavy atom. The maximum atomic E-state index is 13.6. The molecule has 3 rings (SSSR count). The van der Waals surface area contributed by atoms with Gasteiger partial charge < -0.3 is 10.5 Å². The molecule has 0 aromatic heterocycles. The highest BCUT2D eigenvalue weighted by molar-refractivity contribution is 5.26. The minimum Gasteiger partial charge on any atom is -0.373 e. The van der Waals surface area contributed by atoms with E-state index in [0.29, 0.717) is 11.6 Å². The van der Waals surface area contributed by atoms with Crippen molar-refractivity contribution in [3.05, 3.63) is 35.1 Å². The molecule has 1 aromatic rings. The van der Waals surface area contributed by atoms with Crippen molar-refractivity contribution in [3.63, 3.8) is 0 Å². The lowest BCUT2D eigenvalue weighted by molar-refractivity contribution is -0.0597. The van der Waals surface area contributed by atoms with Gasteiger partial charge in [-0.25, -0.2) is 4.39 Å². The number of aryl methyl sites for hydroxylation is 1. The molecule has 4 heteroatoms. The van der Waals surface area contributed by atoms with Gasteiger partial charge in [0.2, 0.25) is 0 Å². The lowest BCUT2D eigenvalue weighted by Gasteiger charge is -2.37. The van der Waals surface area contributed by atoms with E-state index in [2.05, 4.69) is 4.90 Å². The number of hydrogen-bond donors (Lipinski definition) is 1. The number of nitrogens with zero attached hydrogens (tertiary/aromatic N) is 1. The van der Waals surface area contributed by atoms with Gasteiger partial charge in [0, 0.05) is 12.6 Å². The van der Waals surface area contributed by atoms with E-state index >= 15 is 0 Å². The normalized spacial score (nSPS) is 29.2. The lowest BCUT2D eigenvalue weighted by Crippen LogP contribution is -2.49. The molecule has 1 aromatic carbocycles. The summed E-state index contributed by atoms with van der Waals surface area (Å²) in [7, 11) is 0. The van der Waals surface area contributed by atoms with Gasteiger partial charge in [0.05, 0.1) is 18.8 Å². The second-order valence-electron chi connectivity index (χ2n) is 5.70. The van der Waals surface area contributed by atoms with Crippen LogP contribution in [0.2, 0.25) is 0 Å². The Balaban J connectivity index is 1.72. The van der Waals surface area contributed by atoms with Crippen LogP contribution in [0.3, 0.4) is 0 Å². The first-order valence-electron chi connectivity index (χ1n) is 7.02. The minimum atomic E-state index is -0.253. The highest BCUT2D eigenvalue weighted by Crippen LogP contribution is 2.28. The number of rotatable bonds is 2. The maximum Gasteiger partial charge on any atom is 0.126 e. The van der Waals surface area contributed by atoms with E-state index in [1.165, 1.54) is 12.8 Å². The summed E-state index contributed by atoms with van der Waals surface area (Å²) in [6.45, 7) is 4.52. The highest BCUT2D eigenvalue weighted by Gasteiger charge is 2.35. The second kappa shape index (κ2) is 5.19. The van der Waals surface area contributed by atoms with Crippen molar-refractivity contribution < 1.29 is 9.13 Å². The summed E-state index contributed by atoms with van der Waals surface area (Å²) in [5.74, 6) is -0.192. The summed E-state index contributed by atoms with van der Waals surface area (Å²) in [5.41, 5.74) is 7.73. The van der Waals surface area contributed by atoms with Crippen molar-refractivity contribution in [2.24, 2.45) is 5.73 Å². The molecule has 19 heavy (non-hydrogen) atoms. The number of hydrogen-bond acceptors (Lipinski definition) is 3. The third-order valence-electron chi connectivity index (χ3n) is 4.40. The molecule has 0 bridgehead atoms. The van der Waals surface area contributed by atoms with Crippen molar-refractivity contribution in [2.45, 2.75) is 38.0 Å². The molecule has 2 heterocycles. The largest absolute Gasteiger partial charge is 0.373 e. The summed E-state index contributed by atoms with van der Waals surface area (Å²) in [4.78, 5) is 2.46. The number of ether oxygens (including phenoxy) is 1. The predicted octanol–water partition coefficient (Wildman–Crippen LogP) is 2.00. The van der Waals surface area contributed by atoms with Crippen LogP contribution in [0.4, 0.5) is 4.39 Å². The van der Waals surface area contributed by atoms with Crippen LogP contribution < -0.4 is 5.73 Å². The quantitative estimate of drug-likeness (QED) is 0.888. The van der Waals surface area contributed by atoms with E-state index in [9.17, 15) is 4.39 Å². The predicted molar refractivity (Wildman–Crippen MR) is 72.4 cm³/mol. The van der Waals surface area contributed by atoms with Gasteiger partial charge in [-0.15, -0.1) is 0 Å². The minimum absolute atomic E-state index is 0.0311. The maximum absolute atomic E-state index is 13.6. The SMILES string of the molecule is Cc1ccc(C(N)C2CN3CCCC3CO2)cc1F. The van der Waals surface area contributed by atoms with Gasteiger partial charge in [-0.2, -0.15) is 0 Å². The highest BCUT2D eigenvalue weighted by atomic mass is 19.1. The molecule has 2 N–H and O–H groups in total. The number of fused-ring (bicyclic) bond motifs is 1. The Morgan fingerprint density at radius 3 is 3.11 bits per heavy atom. The Bertz CT molecular complexity index is 465. The number of halogens is 1. The van der Waals surface area contributed by atoms with Gasteiger partial charge in [-0.05, 0) is 43.5 Å². The number of benzene rings is 1. The first-order valence-corrected chi connectivity index (χ1v) is 7.02. The topological polar surface area (TPSA) is 38.5 Å². The Hall–Kier alpha value is -0.970. The molecule has 2 aliphatic rings. The Morgan fingerprint density at radius 2 is 2.32 bits per heavy atom. The zero-order valence-corrected chi connectivity index (χ0v) is 11.3. The third kappa shape index (κ3) is 2.53. The summed E-state index contributed by atoms with van der Waals surface area (Å²) in [6.07, 6.45) is 2.44. The standard InChI is InChI=1S/C15H21FN2O/c1-10-4-5-11(7-13(10)16)15(17)14-8-18-6-2-3-12(18)9-19-14/h4-5,7,12,14-15H,2-3,6,8-9,17H2,1H3. The van der Waals surface area contributed by atoms with Crippen LogP contribution in [0.15, 0.2) is 18.2 Å². The van der Waals surface area contributed by atoms with Crippen LogP contribution in [-0.4, -0.2) is 36.7 Å². The molecule has 0 aliphatic carbocycles. The summed E-state index contributed by atoms with van der Waals surface area (Å²) in [6, 6.07) is 5.54. The number of morpholine rings is 1. The zero-order chi connectivity index (χ0) is 13.4. The van der Waals surface area contributed by atoms with Crippen LogP contribution in [0.5, 0.6) is 0 Å². The molecular weight excluding hydrogens is 243 g/mol. The van der Waals surface area contributed by atoms with Crippen molar-refractivity contribution in [2.75, 3.05) is 19.7 Å². The van der Waals surface area contributed by atoms with Gasteiger partial charge in [0.25, 0.3) is 0 Å². The van der Waals surface area contributed by atoms with Gasteiger partial charge in [0.15, 0.2) is 0 Å². The lowest BCUT2D eigenvalue weighted by atomic mass is 9.99.